The standard InChI is InChI=1S/C13H18O6/c1-4-16-12(15)9-6-5-8(18-9)11(14)10-7-17-13(2,3)19-10/h5-6,10-11,14H,4,7H2,1-3H3/t10-,11+/m1/s1. The van der Waals surface area contributed by atoms with E-state index >= 15 is 0 Å². The van der Waals surface area contributed by atoms with Crippen LogP contribution in [-0.4, -0.2) is 36.2 Å². The number of ether oxygens (including phenoxy) is 3. The Morgan fingerprint density at radius 3 is 2.89 bits per heavy atom. The number of aliphatic hydroxyl groups is 1. The van der Waals surface area contributed by atoms with Crippen molar-refractivity contribution in [1.82, 2.24) is 0 Å². The molecule has 1 aromatic heterocycles. The minimum Gasteiger partial charge on any atom is -0.460 e. The number of esters is 1. The molecule has 0 spiro atoms. The molecule has 1 N–H and O–H groups in total. The normalized spacial score (nSPS) is 23.3. The summed E-state index contributed by atoms with van der Waals surface area (Å²) in [6.45, 7) is 5.79. The minimum atomic E-state index is -0.982. The molecule has 2 atom stereocenters. The Bertz CT molecular complexity index is 450. The van der Waals surface area contributed by atoms with Gasteiger partial charge in [-0.05, 0) is 32.9 Å². The van der Waals surface area contributed by atoms with Gasteiger partial charge >= 0.3 is 5.97 Å². The monoisotopic (exact) mass is 270 g/mol. The van der Waals surface area contributed by atoms with Crippen LogP contribution < -0.4 is 0 Å². The smallest absolute Gasteiger partial charge is 0.374 e. The maximum atomic E-state index is 11.5. The van der Waals surface area contributed by atoms with Gasteiger partial charge in [0.05, 0.1) is 13.2 Å². The van der Waals surface area contributed by atoms with E-state index in [-0.39, 0.29) is 24.7 Å². The molecule has 6 heteroatoms. The number of rotatable bonds is 4. The lowest BCUT2D eigenvalue weighted by Gasteiger charge is -2.19. The Labute approximate surface area is 111 Å². The molecule has 0 saturated carbocycles. The largest absolute Gasteiger partial charge is 0.460 e. The summed E-state index contributed by atoms with van der Waals surface area (Å²) in [4.78, 5) is 11.5. The quantitative estimate of drug-likeness (QED) is 0.838. The van der Waals surface area contributed by atoms with Crippen LogP contribution in [0.2, 0.25) is 0 Å². The summed E-state index contributed by atoms with van der Waals surface area (Å²) in [7, 11) is 0. The topological polar surface area (TPSA) is 78.1 Å². The Kier molecular flexibility index (Phi) is 3.93. The lowest BCUT2D eigenvalue weighted by Crippen LogP contribution is -2.25. The van der Waals surface area contributed by atoms with E-state index in [9.17, 15) is 9.90 Å². The zero-order chi connectivity index (χ0) is 14.0. The Balaban J connectivity index is 2.04. The Morgan fingerprint density at radius 1 is 1.58 bits per heavy atom. The number of aliphatic hydroxyl groups excluding tert-OH is 1. The van der Waals surface area contributed by atoms with E-state index in [0.717, 1.165) is 0 Å². The zero-order valence-electron chi connectivity index (χ0n) is 11.2. The average molecular weight is 270 g/mol. The summed E-state index contributed by atoms with van der Waals surface area (Å²) < 4.78 is 21.0. The first-order valence-corrected chi connectivity index (χ1v) is 6.19. The maximum absolute atomic E-state index is 11.5. The Morgan fingerprint density at radius 2 is 2.32 bits per heavy atom. The molecular weight excluding hydrogens is 252 g/mol. The first-order chi connectivity index (χ1) is 8.93. The molecule has 1 aliphatic rings. The van der Waals surface area contributed by atoms with Crippen LogP contribution in [0.25, 0.3) is 0 Å². The molecule has 1 aliphatic heterocycles. The SMILES string of the molecule is CCOC(=O)c1ccc([C@H](O)[C@H]2COC(C)(C)O2)o1. The number of carbonyl (C=O) groups excluding carboxylic acids is 1. The van der Waals surface area contributed by atoms with Crippen LogP contribution in [0.4, 0.5) is 0 Å². The van der Waals surface area contributed by atoms with Crippen molar-refractivity contribution in [1.29, 1.82) is 0 Å². The zero-order valence-corrected chi connectivity index (χ0v) is 11.2. The van der Waals surface area contributed by atoms with E-state index in [4.69, 9.17) is 18.6 Å². The lowest BCUT2D eigenvalue weighted by atomic mass is 10.2. The molecule has 0 aromatic carbocycles. The van der Waals surface area contributed by atoms with Gasteiger partial charge < -0.3 is 23.7 Å². The third-order valence-electron chi connectivity index (χ3n) is 2.78. The van der Waals surface area contributed by atoms with E-state index in [1.54, 1.807) is 20.8 Å². The number of carbonyl (C=O) groups is 1. The second kappa shape index (κ2) is 5.32. The molecule has 0 amide bonds. The molecule has 0 aliphatic carbocycles. The van der Waals surface area contributed by atoms with Crippen LogP contribution in [0, 0.1) is 0 Å². The van der Waals surface area contributed by atoms with E-state index in [2.05, 4.69) is 0 Å². The van der Waals surface area contributed by atoms with Crippen molar-refractivity contribution in [2.75, 3.05) is 13.2 Å². The molecule has 1 fully saturated rings. The van der Waals surface area contributed by atoms with Crippen LogP contribution in [-0.2, 0) is 14.2 Å². The van der Waals surface area contributed by atoms with Crippen molar-refractivity contribution in [3.8, 4) is 0 Å². The third kappa shape index (κ3) is 3.15. The predicted octanol–water partition coefficient (Wildman–Crippen LogP) is 1.64. The first-order valence-electron chi connectivity index (χ1n) is 6.19. The van der Waals surface area contributed by atoms with Crippen LogP contribution in [0.3, 0.4) is 0 Å². The molecular formula is C13H18O6. The highest BCUT2D eigenvalue weighted by atomic mass is 16.7. The number of hydrogen-bond acceptors (Lipinski definition) is 6. The molecule has 1 aromatic rings. The fraction of sp³-hybridized carbons (Fsp3) is 0.615. The third-order valence-corrected chi connectivity index (χ3v) is 2.78. The summed E-state index contributed by atoms with van der Waals surface area (Å²) in [6.07, 6.45) is -1.50. The highest BCUT2D eigenvalue weighted by molar-refractivity contribution is 5.86. The second-order valence-corrected chi connectivity index (χ2v) is 4.73. The molecule has 0 bridgehead atoms. The van der Waals surface area contributed by atoms with Crippen molar-refractivity contribution >= 4 is 5.97 Å². The van der Waals surface area contributed by atoms with Crippen molar-refractivity contribution in [2.24, 2.45) is 0 Å². The molecule has 1 saturated heterocycles. The minimum absolute atomic E-state index is 0.0640. The van der Waals surface area contributed by atoms with Crippen molar-refractivity contribution in [3.63, 3.8) is 0 Å². The molecule has 0 unspecified atom stereocenters. The van der Waals surface area contributed by atoms with Gasteiger partial charge in [-0.3, -0.25) is 0 Å². The lowest BCUT2D eigenvalue weighted by molar-refractivity contribution is -0.152. The fourth-order valence-corrected chi connectivity index (χ4v) is 1.88. The summed E-state index contributed by atoms with van der Waals surface area (Å²) in [6, 6.07) is 3.00. The fourth-order valence-electron chi connectivity index (χ4n) is 1.88. The highest BCUT2D eigenvalue weighted by Crippen LogP contribution is 2.31. The van der Waals surface area contributed by atoms with Gasteiger partial charge in [0.15, 0.2) is 5.79 Å². The summed E-state index contributed by atoms with van der Waals surface area (Å²) >= 11 is 0. The number of furan rings is 1. The molecule has 2 rings (SSSR count). The van der Waals surface area contributed by atoms with E-state index in [1.165, 1.54) is 12.1 Å². The second-order valence-electron chi connectivity index (χ2n) is 4.73. The first kappa shape index (κ1) is 14.0. The predicted molar refractivity (Wildman–Crippen MR) is 64.5 cm³/mol. The van der Waals surface area contributed by atoms with Gasteiger partial charge in [0.2, 0.25) is 5.76 Å². The van der Waals surface area contributed by atoms with E-state index < -0.39 is 24.0 Å². The van der Waals surface area contributed by atoms with Crippen molar-refractivity contribution < 1.29 is 28.5 Å². The van der Waals surface area contributed by atoms with Gasteiger partial charge in [-0.1, -0.05) is 0 Å². The van der Waals surface area contributed by atoms with Gasteiger partial charge in [-0.2, -0.15) is 0 Å². The van der Waals surface area contributed by atoms with Crippen LogP contribution in [0.15, 0.2) is 16.5 Å². The summed E-state index contributed by atoms with van der Waals surface area (Å²) in [5.74, 6) is -0.948. The maximum Gasteiger partial charge on any atom is 0.374 e. The van der Waals surface area contributed by atoms with E-state index in [0.29, 0.717) is 0 Å². The van der Waals surface area contributed by atoms with Gasteiger partial charge in [-0.15, -0.1) is 0 Å². The summed E-state index contributed by atoms with van der Waals surface area (Å²) in [5.41, 5.74) is 0. The molecule has 2 heterocycles. The summed E-state index contributed by atoms with van der Waals surface area (Å²) in [5, 5.41) is 10.1. The molecule has 106 valence electrons. The Hall–Kier alpha value is -1.37. The molecule has 19 heavy (non-hydrogen) atoms. The average Bonchev–Trinajstić information content (AvgIpc) is 2.95. The molecule has 6 nitrogen and oxygen atoms in total. The molecule has 0 radical (unpaired) electrons. The highest BCUT2D eigenvalue weighted by Gasteiger charge is 2.38. The van der Waals surface area contributed by atoms with Gasteiger partial charge in [0.25, 0.3) is 0 Å². The van der Waals surface area contributed by atoms with Crippen molar-refractivity contribution in [3.05, 3.63) is 23.7 Å². The number of hydrogen-bond donors (Lipinski definition) is 1. The van der Waals surface area contributed by atoms with Gasteiger partial charge in [0.1, 0.15) is 18.0 Å². The van der Waals surface area contributed by atoms with Crippen LogP contribution in [0.1, 0.15) is 43.2 Å². The van der Waals surface area contributed by atoms with Gasteiger partial charge in [-0.25, -0.2) is 4.79 Å². The van der Waals surface area contributed by atoms with Crippen LogP contribution >= 0.6 is 0 Å². The van der Waals surface area contributed by atoms with Crippen LogP contribution in [0.5, 0.6) is 0 Å². The van der Waals surface area contributed by atoms with E-state index in [1.807, 2.05) is 0 Å². The van der Waals surface area contributed by atoms with Gasteiger partial charge in [0, 0.05) is 0 Å². The van der Waals surface area contributed by atoms with Crippen molar-refractivity contribution in [2.45, 2.75) is 38.8 Å².